The van der Waals surface area contributed by atoms with E-state index in [0.29, 0.717) is 36.6 Å². The monoisotopic (exact) mass is 395 g/mol. The van der Waals surface area contributed by atoms with Gasteiger partial charge in [-0.3, -0.25) is 4.90 Å². The highest BCUT2D eigenvalue weighted by molar-refractivity contribution is 7.89. The normalized spacial score (nSPS) is 18.4. The topological polar surface area (TPSA) is 64.4 Å². The molecule has 0 radical (unpaired) electrons. The van der Waals surface area contributed by atoms with Crippen LogP contribution in [0.5, 0.6) is 0 Å². The van der Waals surface area contributed by atoms with Gasteiger partial charge in [0.25, 0.3) is 0 Å². The van der Waals surface area contributed by atoms with Crippen molar-refractivity contribution in [3.63, 3.8) is 0 Å². The van der Waals surface area contributed by atoms with Gasteiger partial charge in [0.2, 0.25) is 10.0 Å². The zero-order valence-corrected chi connectivity index (χ0v) is 16.8. The van der Waals surface area contributed by atoms with Crippen LogP contribution in [0.25, 0.3) is 0 Å². The fraction of sp³-hybridized carbons (Fsp3) is 0.409. The van der Waals surface area contributed by atoms with Crippen molar-refractivity contribution in [3.8, 4) is 6.07 Å². The largest absolute Gasteiger partial charge is 0.296 e. The van der Waals surface area contributed by atoms with Gasteiger partial charge in [-0.1, -0.05) is 18.2 Å². The molecule has 0 spiro atoms. The molecule has 0 amide bonds. The Morgan fingerprint density at radius 1 is 0.929 bits per heavy atom. The number of nitriles is 1. The fourth-order valence-electron chi connectivity index (χ4n) is 4.14. The van der Waals surface area contributed by atoms with Crippen LogP contribution in [0.3, 0.4) is 0 Å². The van der Waals surface area contributed by atoms with Gasteiger partial charge in [0.05, 0.1) is 16.5 Å². The van der Waals surface area contributed by atoms with E-state index in [0.717, 1.165) is 31.4 Å². The number of rotatable bonds is 4. The molecule has 6 heteroatoms. The summed E-state index contributed by atoms with van der Waals surface area (Å²) in [6.07, 6.45) is 4.37. The SMILES string of the molecule is N#Cc1cccc(CN2CCN(S(=O)(=O)c3ccc4c(c3)CCCC4)CC2)c1. The summed E-state index contributed by atoms with van der Waals surface area (Å²) in [5.41, 5.74) is 4.24. The van der Waals surface area contributed by atoms with Crippen LogP contribution in [-0.2, 0) is 29.4 Å². The second-order valence-corrected chi connectivity index (χ2v) is 9.57. The van der Waals surface area contributed by atoms with Gasteiger partial charge in [0.1, 0.15) is 0 Å². The molecule has 2 aromatic rings. The third-order valence-electron chi connectivity index (χ3n) is 5.75. The van der Waals surface area contributed by atoms with Crippen molar-refractivity contribution in [2.24, 2.45) is 0 Å². The third-order valence-corrected chi connectivity index (χ3v) is 7.65. The van der Waals surface area contributed by atoms with Crippen LogP contribution in [-0.4, -0.2) is 43.8 Å². The lowest BCUT2D eigenvalue weighted by Crippen LogP contribution is -2.48. The van der Waals surface area contributed by atoms with Gasteiger partial charge < -0.3 is 0 Å². The maximum Gasteiger partial charge on any atom is 0.243 e. The van der Waals surface area contributed by atoms with Crippen molar-refractivity contribution >= 4 is 10.0 Å². The van der Waals surface area contributed by atoms with E-state index in [4.69, 9.17) is 5.26 Å². The Bertz CT molecular complexity index is 1000. The molecule has 1 aliphatic carbocycles. The minimum absolute atomic E-state index is 0.434. The van der Waals surface area contributed by atoms with Gasteiger partial charge in [0, 0.05) is 32.7 Å². The Balaban J connectivity index is 1.42. The highest BCUT2D eigenvalue weighted by Gasteiger charge is 2.29. The number of fused-ring (bicyclic) bond motifs is 1. The summed E-state index contributed by atoms with van der Waals surface area (Å²) in [4.78, 5) is 2.68. The molecule has 1 fully saturated rings. The van der Waals surface area contributed by atoms with Gasteiger partial charge in [-0.2, -0.15) is 9.57 Å². The van der Waals surface area contributed by atoms with Crippen molar-refractivity contribution in [1.29, 1.82) is 5.26 Å². The Morgan fingerprint density at radius 2 is 1.68 bits per heavy atom. The Morgan fingerprint density at radius 3 is 2.43 bits per heavy atom. The average molecular weight is 396 g/mol. The Hall–Kier alpha value is -2.20. The first-order valence-electron chi connectivity index (χ1n) is 9.89. The number of benzene rings is 2. The van der Waals surface area contributed by atoms with Crippen LogP contribution in [0.4, 0.5) is 0 Å². The molecule has 5 nitrogen and oxygen atoms in total. The third kappa shape index (κ3) is 3.97. The maximum absolute atomic E-state index is 13.1. The summed E-state index contributed by atoms with van der Waals surface area (Å²) in [6, 6.07) is 15.4. The van der Waals surface area contributed by atoms with Gasteiger partial charge >= 0.3 is 0 Å². The maximum atomic E-state index is 13.1. The molecule has 0 N–H and O–H groups in total. The van der Waals surface area contributed by atoms with E-state index in [2.05, 4.69) is 11.0 Å². The average Bonchev–Trinajstić information content (AvgIpc) is 2.74. The smallest absolute Gasteiger partial charge is 0.243 e. The van der Waals surface area contributed by atoms with Crippen LogP contribution in [0.1, 0.15) is 35.1 Å². The Labute approximate surface area is 167 Å². The molecule has 1 aliphatic heterocycles. The molecule has 1 heterocycles. The lowest BCUT2D eigenvalue weighted by Gasteiger charge is -2.34. The molecule has 2 aliphatic rings. The van der Waals surface area contributed by atoms with Crippen molar-refractivity contribution in [2.45, 2.75) is 37.1 Å². The number of sulfonamides is 1. The lowest BCUT2D eigenvalue weighted by molar-refractivity contribution is 0.181. The first kappa shape index (κ1) is 19.1. The molecule has 0 bridgehead atoms. The van der Waals surface area contributed by atoms with Crippen LogP contribution in [0.15, 0.2) is 47.4 Å². The fourth-order valence-corrected chi connectivity index (χ4v) is 5.62. The molecule has 0 aromatic heterocycles. The molecule has 0 atom stereocenters. The first-order chi connectivity index (χ1) is 13.6. The summed E-state index contributed by atoms with van der Waals surface area (Å²) in [6.45, 7) is 3.12. The van der Waals surface area contributed by atoms with Crippen LogP contribution in [0.2, 0.25) is 0 Å². The highest BCUT2D eigenvalue weighted by atomic mass is 32.2. The van der Waals surface area contributed by atoms with E-state index in [9.17, 15) is 8.42 Å². The molecule has 1 saturated heterocycles. The van der Waals surface area contributed by atoms with Crippen molar-refractivity contribution in [3.05, 3.63) is 64.7 Å². The predicted octanol–water partition coefficient (Wildman–Crippen LogP) is 2.94. The molecule has 2 aromatic carbocycles. The summed E-state index contributed by atoms with van der Waals surface area (Å²) in [5.74, 6) is 0. The summed E-state index contributed by atoms with van der Waals surface area (Å²) in [5, 5.41) is 9.04. The van der Waals surface area contributed by atoms with E-state index >= 15 is 0 Å². The summed E-state index contributed by atoms with van der Waals surface area (Å²) in [7, 11) is -3.44. The van der Waals surface area contributed by atoms with E-state index in [1.54, 1.807) is 16.4 Å². The van der Waals surface area contributed by atoms with Gasteiger partial charge in [-0.05, 0) is 66.6 Å². The second kappa shape index (κ2) is 8.04. The number of piperazine rings is 1. The number of nitrogens with zero attached hydrogens (tertiary/aromatic N) is 3. The van der Waals surface area contributed by atoms with E-state index in [1.807, 2.05) is 30.3 Å². The number of aryl methyl sites for hydroxylation is 2. The van der Waals surface area contributed by atoms with Crippen molar-refractivity contribution in [2.75, 3.05) is 26.2 Å². The number of hydrogen-bond donors (Lipinski definition) is 0. The van der Waals surface area contributed by atoms with Crippen LogP contribution >= 0.6 is 0 Å². The second-order valence-electron chi connectivity index (χ2n) is 7.63. The van der Waals surface area contributed by atoms with E-state index in [1.165, 1.54) is 17.5 Å². The lowest BCUT2D eigenvalue weighted by atomic mass is 9.92. The Kier molecular flexibility index (Phi) is 5.49. The predicted molar refractivity (Wildman–Crippen MR) is 108 cm³/mol. The molecule has 4 rings (SSSR count). The minimum atomic E-state index is -3.44. The van der Waals surface area contributed by atoms with Crippen LogP contribution in [0, 0.1) is 11.3 Å². The molecule has 28 heavy (non-hydrogen) atoms. The van der Waals surface area contributed by atoms with Gasteiger partial charge in [0.15, 0.2) is 0 Å². The van der Waals surface area contributed by atoms with Gasteiger partial charge in [-0.25, -0.2) is 8.42 Å². The summed E-state index contributed by atoms with van der Waals surface area (Å²) < 4.78 is 27.8. The first-order valence-corrected chi connectivity index (χ1v) is 11.3. The molecular weight excluding hydrogens is 370 g/mol. The summed E-state index contributed by atoms with van der Waals surface area (Å²) >= 11 is 0. The van der Waals surface area contributed by atoms with Crippen molar-refractivity contribution in [1.82, 2.24) is 9.21 Å². The zero-order valence-electron chi connectivity index (χ0n) is 16.0. The molecule has 0 unspecified atom stereocenters. The quantitative estimate of drug-likeness (QED) is 0.798. The number of hydrogen-bond acceptors (Lipinski definition) is 4. The highest BCUT2D eigenvalue weighted by Crippen LogP contribution is 2.26. The van der Waals surface area contributed by atoms with E-state index < -0.39 is 10.0 Å². The molecule has 0 saturated carbocycles. The van der Waals surface area contributed by atoms with Crippen molar-refractivity contribution < 1.29 is 8.42 Å². The van der Waals surface area contributed by atoms with E-state index in [-0.39, 0.29) is 0 Å². The molecule has 146 valence electrons. The zero-order chi connectivity index (χ0) is 19.6. The van der Waals surface area contributed by atoms with Gasteiger partial charge in [-0.15, -0.1) is 0 Å². The molecular formula is C22H25N3O2S. The van der Waals surface area contributed by atoms with Crippen LogP contribution < -0.4 is 0 Å². The minimum Gasteiger partial charge on any atom is -0.296 e. The standard InChI is InChI=1S/C22H25N3O2S/c23-16-18-4-3-5-19(14-18)17-24-10-12-25(13-11-24)28(26,27)22-9-8-20-6-1-2-7-21(20)15-22/h3-5,8-9,14-15H,1-2,6-7,10-13,17H2.